The molecule has 104 valence electrons. The van der Waals surface area contributed by atoms with Gasteiger partial charge in [0.05, 0.1) is 12.2 Å². The van der Waals surface area contributed by atoms with E-state index in [0.29, 0.717) is 18.7 Å². The maximum atomic E-state index is 11.5. The number of aromatic nitrogens is 2. The van der Waals surface area contributed by atoms with E-state index >= 15 is 0 Å². The van der Waals surface area contributed by atoms with Crippen LogP contribution in [0.5, 0.6) is 0 Å². The topological polar surface area (TPSA) is 55.2 Å². The summed E-state index contributed by atoms with van der Waals surface area (Å²) in [6.07, 6.45) is 1.32. The predicted molar refractivity (Wildman–Crippen MR) is 72.8 cm³/mol. The smallest absolute Gasteiger partial charge is 0.266 e. The molecule has 0 aliphatic heterocycles. The highest BCUT2D eigenvalue weighted by Crippen LogP contribution is 2.29. The van der Waals surface area contributed by atoms with E-state index in [9.17, 15) is 8.42 Å². The van der Waals surface area contributed by atoms with Crippen LogP contribution in [0.3, 0.4) is 0 Å². The summed E-state index contributed by atoms with van der Waals surface area (Å²) in [5.41, 5.74) is 0.441. The zero-order valence-corrected chi connectivity index (χ0v) is 13.0. The molecule has 0 saturated carbocycles. The lowest BCUT2D eigenvalue weighted by atomic mass is 10.2. The zero-order chi connectivity index (χ0) is 13.9. The molecule has 0 bridgehead atoms. The molecule has 1 aromatic heterocycles. The largest absolute Gasteiger partial charge is 0.308 e. The van der Waals surface area contributed by atoms with Gasteiger partial charge in [0, 0.05) is 17.2 Å². The van der Waals surface area contributed by atoms with Gasteiger partial charge in [-0.2, -0.15) is 5.10 Å². The van der Waals surface area contributed by atoms with Crippen molar-refractivity contribution >= 4 is 31.3 Å². The van der Waals surface area contributed by atoms with Gasteiger partial charge in [0.1, 0.15) is 10.0 Å². The quantitative estimate of drug-likeness (QED) is 0.754. The van der Waals surface area contributed by atoms with Crippen LogP contribution in [0.15, 0.2) is 4.90 Å². The van der Waals surface area contributed by atoms with Crippen LogP contribution >= 0.6 is 22.3 Å². The number of halogens is 2. The van der Waals surface area contributed by atoms with E-state index < -0.39 is 9.05 Å². The standard InChI is InChI=1S/C10H17Cl2N3O2S/c1-4-5-8-9(18(12,16)17)10(11)15(13-8)7-6-14(2)3/h4-7H2,1-3H3. The highest BCUT2D eigenvalue weighted by Gasteiger charge is 2.25. The van der Waals surface area contributed by atoms with Crippen molar-refractivity contribution in [2.24, 2.45) is 0 Å². The minimum absolute atomic E-state index is 0.0496. The van der Waals surface area contributed by atoms with Crippen LogP contribution in [0, 0.1) is 0 Å². The van der Waals surface area contributed by atoms with Crippen molar-refractivity contribution in [1.82, 2.24) is 14.7 Å². The Labute approximate surface area is 117 Å². The number of nitrogens with zero attached hydrogens (tertiary/aromatic N) is 3. The third-order valence-electron chi connectivity index (χ3n) is 2.41. The number of hydrogen-bond acceptors (Lipinski definition) is 4. The lowest BCUT2D eigenvalue weighted by Crippen LogP contribution is -2.19. The Hall–Kier alpha value is -0.300. The SMILES string of the molecule is CCCc1nn(CCN(C)C)c(Cl)c1S(=O)(=O)Cl. The van der Waals surface area contributed by atoms with E-state index in [1.807, 2.05) is 25.9 Å². The molecule has 18 heavy (non-hydrogen) atoms. The number of rotatable bonds is 6. The summed E-state index contributed by atoms with van der Waals surface area (Å²) in [7, 11) is 5.38. The molecule has 1 heterocycles. The van der Waals surface area contributed by atoms with E-state index in [0.717, 1.165) is 13.0 Å². The number of aryl methyl sites for hydroxylation is 1. The lowest BCUT2D eigenvalue weighted by molar-refractivity contribution is 0.372. The summed E-state index contributed by atoms with van der Waals surface area (Å²) in [5, 5.41) is 4.33. The van der Waals surface area contributed by atoms with Crippen LogP contribution in [0.2, 0.25) is 5.15 Å². The molecule has 0 aromatic carbocycles. The van der Waals surface area contributed by atoms with Crippen molar-refractivity contribution in [3.8, 4) is 0 Å². The molecule has 0 unspecified atom stereocenters. The van der Waals surface area contributed by atoms with Gasteiger partial charge in [0.2, 0.25) is 0 Å². The second-order valence-electron chi connectivity index (χ2n) is 4.28. The molecule has 0 saturated heterocycles. The average molecular weight is 314 g/mol. The first kappa shape index (κ1) is 15.8. The molecule has 0 amide bonds. The van der Waals surface area contributed by atoms with Crippen LogP contribution in [-0.2, 0) is 22.0 Å². The Morgan fingerprint density at radius 3 is 2.44 bits per heavy atom. The second-order valence-corrected chi connectivity index (χ2v) is 7.14. The Kier molecular flexibility index (Phi) is 5.46. The minimum Gasteiger partial charge on any atom is -0.308 e. The number of hydrogen-bond donors (Lipinski definition) is 0. The molecule has 0 fully saturated rings. The van der Waals surface area contributed by atoms with Gasteiger partial charge in [-0.3, -0.25) is 4.68 Å². The molecule has 1 rings (SSSR count). The molecule has 0 spiro atoms. The normalized spacial score (nSPS) is 12.3. The summed E-state index contributed by atoms with van der Waals surface area (Å²) in [4.78, 5) is 1.92. The van der Waals surface area contributed by atoms with Crippen molar-refractivity contribution in [2.75, 3.05) is 20.6 Å². The molecule has 0 aliphatic carbocycles. The van der Waals surface area contributed by atoms with E-state index in [1.54, 1.807) is 0 Å². The van der Waals surface area contributed by atoms with Crippen LogP contribution in [0.25, 0.3) is 0 Å². The molecule has 0 aliphatic rings. The van der Waals surface area contributed by atoms with Crippen molar-refractivity contribution in [2.45, 2.75) is 31.2 Å². The van der Waals surface area contributed by atoms with Crippen molar-refractivity contribution in [3.63, 3.8) is 0 Å². The summed E-state index contributed by atoms with van der Waals surface area (Å²) in [5.74, 6) is 0. The van der Waals surface area contributed by atoms with Gasteiger partial charge in [-0.1, -0.05) is 24.9 Å². The van der Waals surface area contributed by atoms with E-state index in [-0.39, 0.29) is 10.0 Å². The van der Waals surface area contributed by atoms with Gasteiger partial charge in [-0.25, -0.2) is 8.42 Å². The van der Waals surface area contributed by atoms with Crippen LogP contribution in [0.1, 0.15) is 19.0 Å². The minimum atomic E-state index is -3.86. The van der Waals surface area contributed by atoms with Crippen molar-refractivity contribution in [3.05, 3.63) is 10.8 Å². The highest BCUT2D eigenvalue weighted by atomic mass is 35.7. The Morgan fingerprint density at radius 2 is 2.00 bits per heavy atom. The Morgan fingerprint density at radius 1 is 1.39 bits per heavy atom. The molecule has 1 aromatic rings. The van der Waals surface area contributed by atoms with Crippen molar-refractivity contribution in [1.29, 1.82) is 0 Å². The van der Waals surface area contributed by atoms with Crippen molar-refractivity contribution < 1.29 is 8.42 Å². The molecule has 0 atom stereocenters. The lowest BCUT2D eigenvalue weighted by Gasteiger charge is -2.09. The Bertz CT molecular complexity index is 511. The molecular formula is C10H17Cl2N3O2S. The fourth-order valence-electron chi connectivity index (χ4n) is 1.56. The monoisotopic (exact) mass is 313 g/mol. The van der Waals surface area contributed by atoms with Crippen LogP contribution in [0.4, 0.5) is 0 Å². The third-order valence-corrected chi connectivity index (χ3v) is 4.28. The van der Waals surface area contributed by atoms with Gasteiger partial charge in [0.25, 0.3) is 9.05 Å². The van der Waals surface area contributed by atoms with Crippen LogP contribution < -0.4 is 0 Å². The molecule has 8 heteroatoms. The van der Waals surface area contributed by atoms with E-state index in [4.69, 9.17) is 22.3 Å². The maximum absolute atomic E-state index is 11.5. The summed E-state index contributed by atoms with van der Waals surface area (Å²) in [6.45, 7) is 3.18. The number of likely N-dealkylation sites (N-methyl/N-ethyl adjacent to an activating group) is 1. The maximum Gasteiger partial charge on any atom is 0.266 e. The predicted octanol–water partition coefficient (Wildman–Crippen LogP) is 1.98. The summed E-state index contributed by atoms with van der Waals surface area (Å²) in [6, 6.07) is 0. The van der Waals surface area contributed by atoms with Gasteiger partial charge in [-0.15, -0.1) is 0 Å². The third kappa shape index (κ3) is 3.85. The fraction of sp³-hybridized carbons (Fsp3) is 0.700. The molecular weight excluding hydrogens is 297 g/mol. The fourth-order valence-corrected chi connectivity index (χ4v) is 3.43. The zero-order valence-electron chi connectivity index (χ0n) is 10.7. The highest BCUT2D eigenvalue weighted by molar-refractivity contribution is 8.13. The molecule has 0 N–H and O–H groups in total. The Balaban J connectivity index is 3.16. The van der Waals surface area contributed by atoms with E-state index in [2.05, 4.69) is 5.10 Å². The van der Waals surface area contributed by atoms with Gasteiger partial charge >= 0.3 is 0 Å². The average Bonchev–Trinajstić information content (AvgIpc) is 2.52. The summed E-state index contributed by atoms with van der Waals surface area (Å²) < 4.78 is 24.5. The van der Waals surface area contributed by atoms with Gasteiger partial charge in [-0.05, 0) is 20.5 Å². The molecule has 5 nitrogen and oxygen atoms in total. The van der Waals surface area contributed by atoms with E-state index in [1.165, 1.54) is 4.68 Å². The first-order valence-electron chi connectivity index (χ1n) is 5.62. The molecule has 0 radical (unpaired) electrons. The summed E-state index contributed by atoms with van der Waals surface area (Å²) >= 11 is 6.05. The first-order chi connectivity index (χ1) is 8.27. The van der Waals surface area contributed by atoms with Crippen LogP contribution in [-0.4, -0.2) is 43.7 Å². The van der Waals surface area contributed by atoms with Gasteiger partial charge < -0.3 is 4.90 Å². The first-order valence-corrected chi connectivity index (χ1v) is 8.30. The van der Waals surface area contributed by atoms with Gasteiger partial charge in [0.15, 0.2) is 0 Å². The second kappa shape index (κ2) is 6.23.